The summed E-state index contributed by atoms with van der Waals surface area (Å²) in [5.41, 5.74) is 11.8. The highest BCUT2D eigenvalue weighted by Gasteiger charge is 2.53. The monoisotopic (exact) mass is 697 g/mol. The quantitative estimate of drug-likeness (QED) is 0.0603. The van der Waals surface area contributed by atoms with Crippen LogP contribution in [-0.2, 0) is 28.9 Å². The molecule has 2 atom stereocenters. The predicted molar refractivity (Wildman–Crippen MR) is 184 cm³/mol. The van der Waals surface area contributed by atoms with Crippen LogP contribution in [-0.4, -0.2) is 49.3 Å². The van der Waals surface area contributed by atoms with Gasteiger partial charge in [-0.3, -0.25) is 4.79 Å². The first kappa shape index (κ1) is 33.5. The summed E-state index contributed by atoms with van der Waals surface area (Å²) < 4.78 is 18.6. The Morgan fingerprint density at radius 3 is 2.43 bits per heavy atom. The molecular weight excluding hydrogens is 662 g/mol. The van der Waals surface area contributed by atoms with Gasteiger partial charge in [0.15, 0.2) is 11.6 Å². The van der Waals surface area contributed by atoms with Crippen molar-refractivity contribution in [3.8, 4) is 11.5 Å². The van der Waals surface area contributed by atoms with E-state index in [0.29, 0.717) is 48.8 Å². The number of halogens is 1. The van der Waals surface area contributed by atoms with E-state index >= 15 is 0 Å². The van der Waals surface area contributed by atoms with Gasteiger partial charge in [-0.05, 0) is 82.7 Å². The van der Waals surface area contributed by atoms with Crippen molar-refractivity contribution >= 4 is 27.7 Å². The molecule has 0 unspecified atom stereocenters. The van der Waals surface area contributed by atoms with Crippen LogP contribution >= 0.6 is 15.9 Å². The lowest BCUT2D eigenvalue weighted by molar-refractivity contribution is -0.128. The van der Waals surface area contributed by atoms with Crippen LogP contribution in [0.4, 0.5) is 0 Å². The number of carbonyl (C=O) groups is 1. The van der Waals surface area contributed by atoms with Crippen LogP contribution in [0, 0.1) is 0 Å². The molecule has 10 nitrogen and oxygen atoms in total. The highest BCUT2D eigenvalue weighted by Crippen LogP contribution is 2.44. The van der Waals surface area contributed by atoms with Gasteiger partial charge in [-0.2, -0.15) is 0 Å². The molecule has 0 saturated heterocycles. The number of aliphatic imine (C=N–C) groups is 1. The second kappa shape index (κ2) is 16.1. The maximum Gasteiger partial charge on any atom is 0.252 e. The number of aliphatic hydroxyl groups excluding tert-OH is 1. The summed E-state index contributed by atoms with van der Waals surface area (Å²) in [6.07, 6.45) is 0.562. The Balaban J connectivity index is 1.54. The zero-order valence-electron chi connectivity index (χ0n) is 26.0. The maximum atomic E-state index is 14.6. The number of aliphatic hydroxyl groups is 1. The number of rotatable bonds is 15. The molecule has 2 N–H and O–H groups in total. The molecule has 47 heavy (non-hydrogen) atoms. The number of ether oxygens (including phenoxy) is 3. The van der Waals surface area contributed by atoms with Crippen molar-refractivity contribution in [3.63, 3.8) is 0 Å². The molecule has 0 aliphatic carbocycles. The van der Waals surface area contributed by atoms with Crippen LogP contribution in [0.2, 0.25) is 0 Å². The number of nitrogens with one attached hydrogen (secondary N) is 1. The second-order valence-electron chi connectivity index (χ2n) is 11.0. The van der Waals surface area contributed by atoms with Crippen molar-refractivity contribution in [1.82, 2.24) is 5.32 Å². The van der Waals surface area contributed by atoms with E-state index < -0.39 is 11.6 Å². The molecule has 0 aromatic heterocycles. The molecule has 1 aliphatic heterocycles. The second-order valence-corrected chi connectivity index (χ2v) is 11.9. The Morgan fingerprint density at radius 2 is 1.72 bits per heavy atom. The summed E-state index contributed by atoms with van der Waals surface area (Å²) in [6, 6.07) is 30.4. The summed E-state index contributed by atoms with van der Waals surface area (Å²) in [7, 11) is 1.63. The van der Waals surface area contributed by atoms with Crippen molar-refractivity contribution in [1.29, 1.82) is 0 Å². The van der Waals surface area contributed by atoms with E-state index in [1.165, 1.54) is 0 Å². The predicted octanol–water partition coefficient (Wildman–Crippen LogP) is 6.89. The standard InChI is InChI=1S/C36H36BrN5O5/c1-45-30-15-9-25(10-16-30)19-20-39-35(44)36(23-26-7-13-29(37)14-8-26)33(32-6-3-2-5-28(32)24-40-42-38)47-34(41-36)27-11-17-31(18-12-27)46-22-4-21-43/h2-3,5-18,33,43H,4,19-24H2,1H3,(H,39,44)/t33-,36-/m1/s1. The van der Waals surface area contributed by atoms with E-state index in [4.69, 9.17) is 29.8 Å². The molecule has 0 saturated carbocycles. The zero-order valence-corrected chi connectivity index (χ0v) is 27.6. The third-order valence-electron chi connectivity index (χ3n) is 7.92. The molecule has 1 aliphatic rings. The van der Waals surface area contributed by atoms with E-state index in [9.17, 15) is 4.79 Å². The minimum Gasteiger partial charge on any atom is -0.497 e. The number of nitrogens with zero attached hydrogens (tertiary/aromatic N) is 4. The van der Waals surface area contributed by atoms with Crippen LogP contribution in [0.3, 0.4) is 0 Å². The number of hydrogen-bond donors (Lipinski definition) is 2. The smallest absolute Gasteiger partial charge is 0.252 e. The molecule has 5 rings (SSSR count). The molecule has 1 amide bonds. The fraction of sp³-hybridized carbons (Fsp3) is 0.278. The van der Waals surface area contributed by atoms with Gasteiger partial charge in [-0.1, -0.05) is 69.6 Å². The molecule has 242 valence electrons. The van der Waals surface area contributed by atoms with Crippen molar-refractivity contribution in [2.45, 2.75) is 37.5 Å². The normalized spacial score (nSPS) is 16.8. The summed E-state index contributed by atoms with van der Waals surface area (Å²) in [5.74, 6) is 1.45. The van der Waals surface area contributed by atoms with Crippen molar-refractivity contribution < 1.29 is 24.1 Å². The molecule has 1 heterocycles. The van der Waals surface area contributed by atoms with Crippen molar-refractivity contribution in [3.05, 3.63) is 140 Å². The van der Waals surface area contributed by atoms with Gasteiger partial charge in [0.05, 0.1) is 20.3 Å². The Labute approximate surface area is 282 Å². The van der Waals surface area contributed by atoms with Crippen LogP contribution < -0.4 is 14.8 Å². The Hall–Kier alpha value is -4.83. The number of benzene rings is 4. The van der Waals surface area contributed by atoms with E-state index in [1.54, 1.807) is 7.11 Å². The van der Waals surface area contributed by atoms with Crippen molar-refractivity contribution in [2.75, 3.05) is 26.9 Å². The van der Waals surface area contributed by atoms with E-state index in [2.05, 4.69) is 31.3 Å². The van der Waals surface area contributed by atoms with Gasteiger partial charge in [0.2, 0.25) is 5.90 Å². The number of hydrogen-bond acceptors (Lipinski definition) is 7. The lowest BCUT2D eigenvalue weighted by Crippen LogP contribution is -2.50. The topological polar surface area (TPSA) is 138 Å². The van der Waals surface area contributed by atoms with E-state index in [0.717, 1.165) is 26.9 Å². The molecule has 4 aromatic carbocycles. The van der Waals surface area contributed by atoms with Crippen LogP contribution in [0.1, 0.15) is 40.3 Å². The highest BCUT2D eigenvalue weighted by atomic mass is 79.9. The first-order chi connectivity index (χ1) is 23.0. The SMILES string of the molecule is COc1ccc(CCNC(=O)[C@]2(Cc3ccc(Br)cc3)N=C(c3ccc(OCCCO)cc3)O[C@@H]2c2ccccc2CN=[N+]=[N-])cc1. The van der Waals surface area contributed by atoms with Crippen LogP contribution in [0.25, 0.3) is 10.4 Å². The minimum absolute atomic E-state index is 0.0495. The highest BCUT2D eigenvalue weighted by molar-refractivity contribution is 9.10. The van der Waals surface area contributed by atoms with Crippen LogP contribution in [0.15, 0.2) is 112 Å². The lowest BCUT2D eigenvalue weighted by Gasteiger charge is -2.32. The fourth-order valence-electron chi connectivity index (χ4n) is 5.48. The summed E-state index contributed by atoms with van der Waals surface area (Å²) in [4.78, 5) is 22.6. The molecule has 0 fully saturated rings. The molecule has 4 aromatic rings. The van der Waals surface area contributed by atoms with E-state index in [1.807, 2.05) is 97.1 Å². The van der Waals surface area contributed by atoms with Crippen molar-refractivity contribution in [2.24, 2.45) is 10.1 Å². The Morgan fingerprint density at radius 1 is 1.02 bits per heavy atom. The Bertz CT molecular complexity index is 1720. The van der Waals surface area contributed by atoms with Crippen LogP contribution in [0.5, 0.6) is 11.5 Å². The van der Waals surface area contributed by atoms with Gasteiger partial charge in [0.1, 0.15) is 11.5 Å². The summed E-state index contributed by atoms with van der Waals surface area (Å²) in [6.45, 7) is 0.915. The molecule has 0 spiro atoms. The van der Waals surface area contributed by atoms with Gasteiger partial charge in [0.25, 0.3) is 5.91 Å². The maximum absolute atomic E-state index is 14.6. The lowest BCUT2D eigenvalue weighted by atomic mass is 9.80. The summed E-state index contributed by atoms with van der Waals surface area (Å²) in [5, 5.41) is 16.1. The molecule has 11 heteroatoms. The first-order valence-corrected chi connectivity index (χ1v) is 16.1. The largest absolute Gasteiger partial charge is 0.497 e. The van der Waals surface area contributed by atoms with Gasteiger partial charge in [-0.25, -0.2) is 4.99 Å². The number of azide groups is 1. The Kier molecular flexibility index (Phi) is 11.5. The van der Waals surface area contributed by atoms with Gasteiger partial charge in [0, 0.05) is 40.9 Å². The van der Waals surface area contributed by atoms with Gasteiger partial charge >= 0.3 is 0 Å². The zero-order chi connectivity index (χ0) is 33.1. The first-order valence-electron chi connectivity index (χ1n) is 15.3. The minimum atomic E-state index is -1.40. The average Bonchev–Trinajstić information content (AvgIpc) is 3.49. The molecular formula is C36H36BrN5O5. The number of amides is 1. The molecule has 0 radical (unpaired) electrons. The summed E-state index contributed by atoms with van der Waals surface area (Å²) >= 11 is 3.51. The third kappa shape index (κ3) is 8.31. The van der Waals surface area contributed by atoms with E-state index in [-0.39, 0.29) is 25.5 Å². The average molecular weight is 699 g/mol. The molecule has 0 bridgehead atoms. The number of methoxy groups -OCH3 is 1. The van der Waals surface area contributed by atoms with Gasteiger partial charge < -0.3 is 24.6 Å². The number of carbonyl (C=O) groups excluding carboxylic acids is 1. The third-order valence-corrected chi connectivity index (χ3v) is 8.45. The fourth-order valence-corrected chi connectivity index (χ4v) is 5.74. The van der Waals surface area contributed by atoms with Gasteiger partial charge in [-0.15, -0.1) is 0 Å².